The summed E-state index contributed by atoms with van der Waals surface area (Å²) in [6, 6.07) is 11.0. The molecule has 0 N–H and O–H groups in total. The predicted molar refractivity (Wildman–Crippen MR) is 154 cm³/mol. The molecule has 0 aliphatic heterocycles. The molecule has 0 aromatic heterocycles. The molecule has 0 heterocycles. The van der Waals surface area contributed by atoms with Crippen molar-refractivity contribution in [3.05, 3.63) is 94.8 Å². The van der Waals surface area contributed by atoms with Crippen LogP contribution in [0.2, 0.25) is 0 Å². The third kappa shape index (κ3) is 5.94. The third-order valence-corrected chi connectivity index (χ3v) is 9.34. The Kier molecular flexibility index (Phi) is 7.94. The topological polar surface area (TPSA) is 0 Å². The fourth-order valence-electron chi connectivity index (χ4n) is 7.18. The lowest BCUT2D eigenvalue weighted by molar-refractivity contribution is -0.0696. The Bertz CT molecular complexity index is 1790. The van der Waals surface area contributed by atoms with Gasteiger partial charge in [0.2, 0.25) is 0 Å². The van der Waals surface area contributed by atoms with Gasteiger partial charge in [0.25, 0.3) is 0 Å². The molecule has 4 aromatic carbocycles. The summed E-state index contributed by atoms with van der Waals surface area (Å²) in [5.74, 6) is -0.578. The van der Waals surface area contributed by atoms with Crippen molar-refractivity contribution in [2.24, 2.45) is 17.8 Å². The van der Waals surface area contributed by atoms with Crippen LogP contribution in [-0.4, -0.2) is 6.18 Å². The van der Waals surface area contributed by atoms with E-state index in [-0.39, 0.29) is 33.4 Å². The molecule has 2 fully saturated rings. The van der Waals surface area contributed by atoms with Crippen molar-refractivity contribution in [1.82, 2.24) is 0 Å². The Morgan fingerprint density at radius 3 is 2.09 bits per heavy atom. The van der Waals surface area contributed by atoms with Crippen LogP contribution in [0.5, 0.6) is 0 Å². The van der Waals surface area contributed by atoms with Gasteiger partial charge in [0.1, 0.15) is 29.1 Å². The van der Waals surface area contributed by atoms with Crippen molar-refractivity contribution in [1.29, 1.82) is 0 Å². The van der Waals surface area contributed by atoms with Crippen LogP contribution in [0.1, 0.15) is 62.5 Å². The van der Waals surface area contributed by atoms with E-state index in [9.17, 15) is 22.0 Å². The fourth-order valence-corrected chi connectivity index (χ4v) is 7.18. The van der Waals surface area contributed by atoms with E-state index in [2.05, 4.69) is 6.92 Å². The minimum absolute atomic E-state index is 0.00327. The maximum atomic E-state index is 15.4. The minimum Gasteiger partial charge on any atom is -0.206 e. The molecule has 4 unspecified atom stereocenters. The summed E-state index contributed by atoms with van der Waals surface area (Å²) in [6.07, 6.45) is 1.88. The van der Waals surface area contributed by atoms with E-state index in [0.717, 1.165) is 72.9 Å². The zero-order chi connectivity index (χ0) is 31.3. The van der Waals surface area contributed by atoms with Crippen LogP contribution in [-0.2, 0) is 0 Å². The highest BCUT2D eigenvalue weighted by Gasteiger charge is 2.35. The smallest absolute Gasteiger partial charge is 0.206 e. The molecule has 0 spiro atoms. The monoisotopic (exact) mass is 612 g/mol. The highest BCUT2D eigenvalue weighted by molar-refractivity contribution is 5.89. The standard InChI is InChI=1S/C36H28F8/c1-19-2-3-21-13-22(5-4-20(21)12-19)23-6-8-27(30(37)15-23)26-17-32(39)34(33(40)18-26)24-7-9-28-25(14-24)16-31(38)29(35(28)41)10-11-36(42,43)44/h6-9,14-22H,2-5,12-13H2,1H3. The van der Waals surface area contributed by atoms with Gasteiger partial charge < -0.3 is 0 Å². The van der Waals surface area contributed by atoms with Gasteiger partial charge in [-0.1, -0.05) is 43.5 Å². The average molecular weight is 613 g/mol. The molecule has 2 aliphatic rings. The van der Waals surface area contributed by atoms with E-state index < -0.39 is 46.4 Å². The summed E-state index contributed by atoms with van der Waals surface area (Å²) < 4.78 is 113. The number of benzene rings is 4. The summed E-state index contributed by atoms with van der Waals surface area (Å²) in [5, 5.41) is -0.399. The van der Waals surface area contributed by atoms with Gasteiger partial charge in [0.15, 0.2) is 0 Å². The first kappa shape index (κ1) is 30.2. The van der Waals surface area contributed by atoms with E-state index >= 15 is 13.2 Å². The molecular weight excluding hydrogens is 584 g/mol. The van der Waals surface area contributed by atoms with Crippen LogP contribution < -0.4 is 0 Å². The zero-order valence-corrected chi connectivity index (χ0v) is 23.8. The molecule has 6 rings (SSSR count). The van der Waals surface area contributed by atoms with Crippen molar-refractivity contribution < 1.29 is 35.1 Å². The van der Waals surface area contributed by atoms with Gasteiger partial charge in [-0.3, -0.25) is 0 Å². The van der Waals surface area contributed by atoms with E-state index in [1.165, 1.54) is 37.3 Å². The average Bonchev–Trinajstić information content (AvgIpc) is 2.95. The molecule has 0 saturated heterocycles. The van der Waals surface area contributed by atoms with E-state index in [4.69, 9.17) is 0 Å². The normalized spacial score (nSPS) is 21.9. The van der Waals surface area contributed by atoms with Crippen molar-refractivity contribution in [3.63, 3.8) is 0 Å². The van der Waals surface area contributed by atoms with Gasteiger partial charge >= 0.3 is 6.18 Å². The minimum atomic E-state index is -4.95. The van der Waals surface area contributed by atoms with Crippen LogP contribution in [0.15, 0.2) is 54.6 Å². The molecule has 2 saturated carbocycles. The number of fused-ring (bicyclic) bond motifs is 2. The molecule has 228 valence electrons. The van der Waals surface area contributed by atoms with Crippen LogP contribution in [0.3, 0.4) is 0 Å². The van der Waals surface area contributed by atoms with Gasteiger partial charge in [-0.05, 0) is 108 Å². The second-order valence-corrected chi connectivity index (χ2v) is 12.2. The first-order valence-electron chi connectivity index (χ1n) is 14.7. The Morgan fingerprint density at radius 2 is 1.39 bits per heavy atom. The van der Waals surface area contributed by atoms with Crippen molar-refractivity contribution in [2.45, 2.75) is 57.5 Å². The molecule has 0 radical (unpaired) electrons. The lowest BCUT2D eigenvalue weighted by atomic mass is 9.64. The molecule has 2 aliphatic carbocycles. The van der Waals surface area contributed by atoms with E-state index in [1.54, 1.807) is 6.07 Å². The maximum Gasteiger partial charge on any atom is 0.458 e. The fraction of sp³-hybridized carbons (Fsp3) is 0.333. The summed E-state index contributed by atoms with van der Waals surface area (Å²) >= 11 is 0. The zero-order valence-electron chi connectivity index (χ0n) is 23.8. The first-order chi connectivity index (χ1) is 20.9. The predicted octanol–water partition coefficient (Wildman–Crippen LogP) is 11.1. The molecule has 8 heteroatoms. The Morgan fingerprint density at radius 1 is 0.682 bits per heavy atom. The summed E-state index contributed by atoms with van der Waals surface area (Å²) in [5.41, 5.74) is -0.668. The van der Waals surface area contributed by atoms with Crippen molar-refractivity contribution >= 4 is 10.8 Å². The number of hydrogen-bond donors (Lipinski definition) is 0. The Balaban J connectivity index is 1.28. The van der Waals surface area contributed by atoms with Crippen molar-refractivity contribution in [3.8, 4) is 34.1 Å². The molecule has 0 nitrogen and oxygen atoms in total. The largest absolute Gasteiger partial charge is 0.458 e. The van der Waals surface area contributed by atoms with Crippen molar-refractivity contribution in [2.75, 3.05) is 0 Å². The molecule has 4 atom stereocenters. The summed E-state index contributed by atoms with van der Waals surface area (Å²) in [6.45, 7) is 2.30. The molecule has 4 aromatic rings. The summed E-state index contributed by atoms with van der Waals surface area (Å²) in [4.78, 5) is 0. The van der Waals surface area contributed by atoms with Gasteiger partial charge in [0.05, 0.1) is 11.1 Å². The van der Waals surface area contributed by atoms with E-state index in [0.29, 0.717) is 5.92 Å². The number of rotatable bonds is 3. The second-order valence-electron chi connectivity index (χ2n) is 12.2. The van der Waals surface area contributed by atoms with E-state index in [1.807, 2.05) is 6.07 Å². The Hall–Kier alpha value is -3.86. The first-order valence-corrected chi connectivity index (χ1v) is 14.7. The van der Waals surface area contributed by atoms with Crippen LogP contribution in [0.4, 0.5) is 35.1 Å². The van der Waals surface area contributed by atoms with Crippen LogP contribution >= 0.6 is 0 Å². The highest BCUT2D eigenvalue weighted by atomic mass is 19.4. The highest BCUT2D eigenvalue weighted by Crippen LogP contribution is 2.48. The van der Waals surface area contributed by atoms with Gasteiger partial charge in [0, 0.05) is 16.9 Å². The third-order valence-electron chi connectivity index (χ3n) is 9.34. The number of hydrogen-bond acceptors (Lipinski definition) is 0. The quantitative estimate of drug-likeness (QED) is 0.160. The maximum absolute atomic E-state index is 15.4. The van der Waals surface area contributed by atoms with Gasteiger partial charge in [-0.25, -0.2) is 22.0 Å². The molecular formula is C36H28F8. The van der Waals surface area contributed by atoms with Gasteiger partial charge in [-0.15, -0.1) is 0 Å². The van der Waals surface area contributed by atoms with Crippen LogP contribution in [0.25, 0.3) is 33.0 Å². The molecule has 44 heavy (non-hydrogen) atoms. The molecule has 0 amide bonds. The lowest BCUT2D eigenvalue weighted by Crippen LogP contribution is -2.29. The lowest BCUT2D eigenvalue weighted by Gasteiger charge is -2.41. The van der Waals surface area contributed by atoms with Gasteiger partial charge in [-0.2, -0.15) is 13.2 Å². The van der Waals surface area contributed by atoms with Crippen LogP contribution in [0, 0.1) is 58.7 Å². The number of halogens is 8. The molecule has 0 bridgehead atoms. The second kappa shape index (κ2) is 11.6. The summed E-state index contributed by atoms with van der Waals surface area (Å²) in [7, 11) is 0. The Labute approximate surface area is 250 Å². The number of alkyl halides is 3. The SMILES string of the molecule is CC1CCC2CC(c3ccc(-c4cc(F)c(-c5ccc6c(F)c(C#CC(F)(F)F)c(F)cc6c5)c(F)c4)c(F)c3)CCC2C1.